The van der Waals surface area contributed by atoms with Gasteiger partial charge in [0.25, 0.3) is 0 Å². The first-order valence-electron chi connectivity index (χ1n) is 6.24. The summed E-state index contributed by atoms with van der Waals surface area (Å²) in [5, 5.41) is 8.81. The standard InChI is InChI=1S/C15H14F3NO2/c16-15(17,18)11-3-6-14(13(19)9-11)21-12-4-1-10(2-5-12)7-8-20/h1-6,9,20H,7-8,19H2. The van der Waals surface area contributed by atoms with Gasteiger partial charge in [-0.15, -0.1) is 0 Å². The Hall–Kier alpha value is -2.21. The number of hydrogen-bond acceptors (Lipinski definition) is 3. The number of aliphatic hydroxyl groups excluding tert-OH is 1. The van der Waals surface area contributed by atoms with Crippen LogP contribution in [0.5, 0.6) is 11.5 Å². The summed E-state index contributed by atoms with van der Waals surface area (Å²) in [7, 11) is 0. The van der Waals surface area contributed by atoms with E-state index in [1.165, 1.54) is 6.07 Å². The molecular weight excluding hydrogens is 283 g/mol. The van der Waals surface area contributed by atoms with Crippen LogP contribution in [0.2, 0.25) is 0 Å². The molecule has 0 spiro atoms. The van der Waals surface area contributed by atoms with Crippen molar-refractivity contribution in [1.82, 2.24) is 0 Å². The van der Waals surface area contributed by atoms with E-state index in [4.69, 9.17) is 15.6 Å². The summed E-state index contributed by atoms with van der Waals surface area (Å²) in [4.78, 5) is 0. The molecular formula is C15H14F3NO2. The summed E-state index contributed by atoms with van der Waals surface area (Å²) in [6.07, 6.45) is -3.90. The Morgan fingerprint density at radius 2 is 1.71 bits per heavy atom. The lowest BCUT2D eigenvalue weighted by Gasteiger charge is -2.12. The van der Waals surface area contributed by atoms with Crippen LogP contribution in [0.15, 0.2) is 42.5 Å². The molecule has 0 heterocycles. The number of aliphatic hydroxyl groups is 1. The third-order valence-corrected chi connectivity index (χ3v) is 2.89. The second kappa shape index (κ2) is 6.05. The van der Waals surface area contributed by atoms with Crippen LogP contribution < -0.4 is 10.5 Å². The van der Waals surface area contributed by atoms with Crippen LogP contribution in [-0.4, -0.2) is 11.7 Å². The van der Waals surface area contributed by atoms with Gasteiger partial charge in [-0.2, -0.15) is 13.2 Å². The van der Waals surface area contributed by atoms with Crippen LogP contribution >= 0.6 is 0 Å². The van der Waals surface area contributed by atoms with E-state index in [2.05, 4.69) is 0 Å². The zero-order valence-corrected chi connectivity index (χ0v) is 11.0. The van der Waals surface area contributed by atoms with Crippen molar-refractivity contribution >= 4 is 5.69 Å². The van der Waals surface area contributed by atoms with Crippen molar-refractivity contribution in [3.63, 3.8) is 0 Å². The number of rotatable bonds is 4. The van der Waals surface area contributed by atoms with Gasteiger partial charge in [-0.05, 0) is 42.3 Å². The Morgan fingerprint density at radius 3 is 2.24 bits per heavy atom. The van der Waals surface area contributed by atoms with Crippen molar-refractivity contribution < 1.29 is 23.0 Å². The molecule has 0 fully saturated rings. The van der Waals surface area contributed by atoms with E-state index in [9.17, 15) is 13.2 Å². The molecule has 6 heteroatoms. The third-order valence-electron chi connectivity index (χ3n) is 2.89. The molecule has 3 nitrogen and oxygen atoms in total. The maximum Gasteiger partial charge on any atom is 0.416 e. The van der Waals surface area contributed by atoms with Crippen LogP contribution in [-0.2, 0) is 12.6 Å². The highest BCUT2D eigenvalue weighted by atomic mass is 19.4. The third kappa shape index (κ3) is 3.88. The lowest BCUT2D eigenvalue weighted by atomic mass is 10.1. The summed E-state index contributed by atoms with van der Waals surface area (Å²) in [6.45, 7) is 0.0477. The molecule has 3 N–H and O–H groups in total. The van der Waals surface area contributed by atoms with E-state index in [0.29, 0.717) is 12.2 Å². The average Bonchev–Trinajstić information content (AvgIpc) is 2.42. The molecule has 2 rings (SSSR count). The maximum absolute atomic E-state index is 12.5. The predicted octanol–water partition coefficient (Wildman–Crippen LogP) is 3.61. The zero-order chi connectivity index (χ0) is 15.5. The van der Waals surface area contributed by atoms with Gasteiger partial charge in [0.05, 0.1) is 11.3 Å². The first-order valence-corrected chi connectivity index (χ1v) is 6.24. The SMILES string of the molecule is Nc1cc(C(F)(F)F)ccc1Oc1ccc(CCO)cc1. The van der Waals surface area contributed by atoms with Crippen molar-refractivity contribution in [1.29, 1.82) is 0 Å². The first-order chi connectivity index (χ1) is 9.90. The van der Waals surface area contributed by atoms with Crippen molar-refractivity contribution in [3.8, 4) is 11.5 Å². The molecule has 0 aliphatic heterocycles. The van der Waals surface area contributed by atoms with Crippen molar-refractivity contribution in [2.45, 2.75) is 12.6 Å². The fraction of sp³-hybridized carbons (Fsp3) is 0.200. The molecule has 0 aromatic heterocycles. The predicted molar refractivity (Wildman–Crippen MR) is 73.2 cm³/mol. The van der Waals surface area contributed by atoms with Gasteiger partial charge in [0.15, 0.2) is 0 Å². The number of benzene rings is 2. The Bertz CT molecular complexity index is 609. The minimum atomic E-state index is -4.43. The minimum Gasteiger partial charge on any atom is -0.455 e. The highest BCUT2D eigenvalue weighted by Gasteiger charge is 2.30. The van der Waals surface area contributed by atoms with Gasteiger partial charge in [0, 0.05) is 6.61 Å². The van der Waals surface area contributed by atoms with Crippen LogP contribution in [0.25, 0.3) is 0 Å². The molecule has 21 heavy (non-hydrogen) atoms. The molecule has 0 bridgehead atoms. The van der Waals surface area contributed by atoms with E-state index >= 15 is 0 Å². The summed E-state index contributed by atoms with van der Waals surface area (Å²) < 4.78 is 43.0. The van der Waals surface area contributed by atoms with Gasteiger partial charge >= 0.3 is 6.18 Å². The molecule has 0 unspecified atom stereocenters. The van der Waals surface area contributed by atoms with Crippen LogP contribution in [0.4, 0.5) is 18.9 Å². The number of anilines is 1. The lowest BCUT2D eigenvalue weighted by molar-refractivity contribution is -0.137. The van der Waals surface area contributed by atoms with E-state index in [-0.39, 0.29) is 18.0 Å². The minimum absolute atomic E-state index is 0.0477. The molecule has 0 aliphatic rings. The molecule has 2 aromatic rings. The van der Waals surface area contributed by atoms with Crippen molar-refractivity contribution in [2.75, 3.05) is 12.3 Å². The van der Waals surface area contributed by atoms with E-state index < -0.39 is 11.7 Å². The molecule has 0 saturated heterocycles. The van der Waals surface area contributed by atoms with Gasteiger partial charge in [0.1, 0.15) is 11.5 Å². The summed E-state index contributed by atoms with van der Waals surface area (Å²) in [5.41, 5.74) is 5.63. The number of alkyl halides is 3. The molecule has 0 radical (unpaired) electrons. The molecule has 2 aromatic carbocycles. The molecule has 0 atom stereocenters. The first kappa shape index (κ1) is 15.2. The number of hydrogen-bond donors (Lipinski definition) is 2. The average molecular weight is 297 g/mol. The number of nitrogen functional groups attached to an aromatic ring is 1. The summed E-state index contributed by atoms with van der Waals surface area (Å²) in [6, 6.07) is 9.84. The van der Waals surface area contributed by atoms with Crippen molar-refractivity contribution in [2.24, 2.45) is 0 Å². The largest absolute Gasteiger partial charge is 0.455 e. The van der Waals surface area contributed by atoms with Gasteiger partial charge in [-0.3, -0.25) is 0 Å². The van der Waals surface area contributed by atoms with Crippen LogP contribution in [0, 0.1) is 0 Å². The Balaban J connectivity index is 2.16. The fourth-order valence-electron chi connectivity index (χ4n) is 1.80. The van der Waals surface area contributed by atoms with Gasteiger partial charge in [0.2, 0.25) is 0 Å². The lowest BCUT2D eigenvalue weighted by Crippen LogP contribution is -2.06. The number of nitrogens with two attached hydrogens (primary N) is 1. The Morgan fingerprint density at radius 1 is 1.05 bits per heavy atom. The molecule has 0 saturated carbocycles. The number of ether oxygens (including phenoxy) is 1. The summed E-state index contributed by atoms with van der Waals surface area (Å²) >= 11 is 0. The fourth-order valence-corrected chi connectivity index (χ4v) is 1.80. The normalized spacial score (nSPS) is 11.4. The van der Waals surface area contributed by atoms with E-state index in [0.717, 1.165) is 17.7 Å². The quantitative estimate of drug-likeness (QED) is 0.848. The van der Waals surface area contributed by atoms with Crippen LogP contribution in [0.3, 0.4) is 0 Å². The molecule has 112 valence electrons. The van der Waals surface area contributed by atoms with Gasteiger partial charge in [-0.25, -0.2) is 0 Å². The van der Waals surface area contributed by atoms with Crippen molar-refractivity contribution in [3.05, 3.63) is 53.6 Å². The van der Waals surface area contributed by atoms with Gasteiger partial charge < -0.3 is 15.6 Å². The maximum atomic E-state index is 12.5. The Labute approximate surface area is 119 Å². The van der Waals surface area contributed by atoms with E-state index in [1.807, 2.05) is 0 Å². The second-order valence-corrected chi connectivity index (χ2v) is 4.47. The highest BCUT2D eigenvalue weighted by Crippen LogP contribution is 2.35. The smallest absolute Gasteiger partial charge is 0.416 e. The monoisotopic (exact) mass is 297 g/mol. The van der Waals surface area contributed by atoms with E-state index in [1.54, 1.807) is 24.3 Å². The Kier molecular flexibility index (Phi) is 4.37. The second-order valence-electron chi connectivity index (χ2n) is 4.47. The molecule has 0 aliphatic carbocycles. The topological polar surface area (TPSA) is 55.5 Å². The summed E-state index contributed by atoms with van der Waals surface area (Å²) in [5.74, 6) is 0.626. The highest BCUT2D eigenvalue weighted by molar-refractivity contribution is 5.56. The van der Waals surface area contributed by atoms with Gasteiger partial charge in [-0.1, -0.05) is 12.1 Å². The van der Waals surface area contributed by atoms with Crippen LogP contribution in [0.1, 0.15) is 11.1 Å². The molecule has 0 amide bonds. The zero-order valence-electron chi connectivity index (χ0n) is 11.0. The number of halogens is 3.